The van der Waals surface area contributed by atoms with E-state index in [1.54, 1.807) is 12.1 Å². The smallest absolute Gasteiger partial charge is 0.137 e. The molecule has 0 bridgehead atoms. The van der Waals surface area contributed by atoms with Crippen molar-refractivity contribution in [2.45, 2.75) is 23.3 Å². The fourth-order valence-electron chi connectivity index (χ4n) is 1.68. The van der Waals surface area contributed by atoms with Crippen molar-refractivity contribution in [3.05, 3.63) is 58.9 Å². The van der Waals surface area contributed by atoms with Crippen molar-refractivity contribution in [3.63, 3.8) is 0 Å². The number of nitrogens with one attached hydrogen (secondary N) is 1. The highest BCUT2D eigenvalue weighted by Crippen LogP contribution is 2.33. The molecule has 0 aromatic heterocycles. The van der Waals surface area contributed by atoms with Crippen LogP contribution < -0.4 is 5.32 Å². The maximum atomic E-state index is 13.7. The third kappa shape index (κ3) is 3.96. The van der Waals surface area contributed by atoms with Crippen LogP contribution in [-0.2, 0) is 6.54 Å². The van der Waals surface area contributed by atoms with Gasteiger partial charge in [0.15, 0.2) is 0 Å². The predicted molar refractivity (Wildman–Crippen MR) is 79.4 cm³/mol. The van der Waals surface area contributed by atoms with Crippen LogP contribution in [0.1, 0.15) is 12.5 Å². The molecule has 0 atom stereocenters. The molecule has 0 aliphatic carbocycles. The van der Waals surface area contributed by atoms with Crippen LogP contribution in [0, 0.1) is 5.82 Å². The van der Waals surface area contributed by atoms with E-state index in [9.17, 15) is 4.39 Å². The van der Waals surface area contributed by atoms with E-state index in [1.807, 2.05) is 24.3 Å². The fourth-order valence-corrected chi connectivity index (χ4v) is 2.92. The molecule has 0 saturated carbocycles. The zero-order valence-electron chi connectivity index (χ0n) is 10.6. The lowest BCUT2D eigenvalue weighted by molar-refractivity contribution is 0.602. The molecular formula is C15H15ClFNS. The molecule has 0 unspecified atom stereocenters. The first-order valence-electron chi connectivity index (χ1n) is 6.12. The Balaban J connectivity index is 2.27. The van der Waals surface area contributed by atoms with E-state index >= 15 is 0 Å². The van der Waals surface area contributed by atoms with E-state index in [2.05, 4.69) is 12.2 Å². The highest BCUT2D eigenvalue weighted by molar-refractivity contribution is 7.99. The normalized spacial score (nSPS) is 10.7. The van der Waals surface area contributed by atoms with Gasteiger partial charge in [-0.1, -0.05) is 48.5 Å². The van der Waals surface area contributed by atoms with Gasteiger partial charge in [-0.2, -0.15) is 0 Å². The van der Waals surface area contributed by atoms with Crippen molar-refractivity contribution in [1.82, 2.24) is 5.32 Å². The van der Waals surface area contributed by atoms with Gasteiger partial charge in [0.2, 0.25) is 0 Å². The van der Waals surface area contributed by atoms with Crippen molar-refractivity contribution in [2.24, 2.45) is 0 Å². The molecule has 0 amide bonds. The number of halogens is 2. The molecule has 0 fully saturated rings. The van der Waals surface area contributed by atoms with Gasteiger partial charge in [-0.25, -0.2) is 4.39 Å². The monoisotopic (exact) mass is 295 g/mol. The van der Waals surface area contributed by atoms with E-state index in [0.29, 0.717) is 9.92 Å². The summed E-state index contributed by atoms with van der Waals surface area (Å²) in [5, 5.41) is 3.94. The first-order chi connectivity index (χ1) is 9.20. The molecule has 100 valence electrons. The van der Waals surface area contributed by atoms with E-state index in [1.165, 1.54) is 17.8 Å². The Morgan fingerprint density at radius 2 is 1.95 bits per heavy atom. The van der Waals surface area contributed by atoms with Gasteiger partial charge in [0.05, 0.1) is 0 Å². The molecule has 4 heteroatoms. The zero-order valence-corrected chi connectivity index (χ0v) is 12.2. The van der Waals surface area contributed by atoms with Gasteiger partial charge in [-0.05, 0) is 36.4 Å². The molecule has 0 heterocycles. The number of hydrogen-bond acceptors (Lipinski definition) is 2. The van der Waals surface area contributed by atoms with Crippen molar-refractivity contribution in [2.75, 3.05) is 6.54 Å². The second-order valence-corrected chi connectivity index (χ2v) is 5.59. The average molecular weight is 296 g/mol. The Morgan fingerprint density at radius 1 is 1.16 bits per heavy atom. The third-order valence-corrected chi connectivity index (χ3v) is 4.04. The average Bonchev–Trinajstić information content (AvgIpc) is 2.40. The minimum Gasteiger partial charge on any atom is -0.313 e. The van der Waals surface area contributed by atoms with E-state index < -0.39 is 0 Å². The van der Waals surface area contributed by atoms with Gasteiger partial charge >= 0.3 is 0 Å². The molecule has 2 aromatic carbocycles. The number of rotatable bonds is 5. The summed E-state index contributed by atoms with van der Waals surface area (Å²) in [5.41, 5.74) is 1.12. The van der Waals surface area contributed by atoms with Crippen LogP contribution in [0.4, 0.5) is 4.39 Å². The summed E-state index contributed by atoms with van der Waals surface area (Å²) in [6.45, 7) is 3.70. The van der Waals surface area contributed by atoms with Gasteiger partial charge in [-0.3, -0.25) is 0 Å². The summed E-state index contributed by atoms with van der Waals surface area (Å²) >= 11 is 7.44. The standard InChI is InChI=1S/C15H15ClFNS/c1-2-18-10-11-7-8-12(16)9-15(11)19-14-6-4-3-5-13(14)17/h3-9,18H,2,10H2,1H3. The Morgan fingerprint density at radius 3 is 2.68 bits per heavy atom. The van der Waals surface area contributed by atoms with Crippen molar-refractivity contribution in [3.8, 4) is 0 Å². The maximum absolute atomic E-state index is 13.7. The van der Waals surface area contributed by atoms with Crippen LogP contribution in [0.2, 0.25) is 5.02 Å². The lowest BCUT2D eigenvalue weighted by Gasteiger charge is -2.10. The minimum atomic E-state index is -0.207. The van der Waals surface area contributed by atoms with Gasteiger partial charge in [0.25, 0.3) is 0 Å². The summed E-state index contributed by atoms with van der Waals surface area (Å²) in [6.07, 6.45) is 0. The number of benzene rings is 2. The molecule has 1 nitrogen and oxygen atoms in total. The Bertz CT molecular complexity index is 560. The largest absolute Gasteiger partial charge is 0.313 e. The van der Waals surface area contributed by atoms with Gasteiger partial charge in [0, 0.05) is 21.4 Å². The molecule has 1 N–H and O–H groups in total. The summed E-state index contributed by atoms with van der Waals surface area (Å²) in [6, 6.07) is 12.5. The molecule has 2 aromatic rings. The van der Waals surface area contributed by atoms with Crippen LogP contribution in [0.25, 0.3) is 0 Å². The van der Waals surface area contributed by atoms with Crippen molar-refractivity contribution < 1.29 is 4.39 Å². The molecule has 2 rings (SSSR count). The molecule has 0 spiro atoms. The zero-order chi connectivity index (χ0) is 13.7. The second-order valence-electron chi connectivity index (χ2n) is 4.06. The lowest BCUT2D eigenvalue weighted by Crippen LogP contribution is -2.12. The fraction of sp³-hybridized carbons (Fsp3) is 0.200. The summed E-state index contributed by atoms with van der Waals surface area (Å²) in [4.78, 5) is 1.60. The van der Waals surface area contributed by atoms with E-state index in [-0.39, 0.29) is 5.82 Å². The van der Waals surface area contributed by atoms with Crippen molar-refractivity contribution in [1.29, 1.82) is 0 Å². The first-order valence-corrected chi connectivity index (χ1v) is 7.31. The second kappa shape index (κ2) is 6.94. The number of hydrogen-bond donors (Lipinski definition) is 1. The van der Waals surface area contributed by atoms with E-state index in [0.717, 1.165) is 23.5 Å². The highest BCUT2D eigenvalue weighted by atomic mass is 35.5. The van der Waals surface area contributed by atoms with Gasteiger partial charge in [0.1, 0.15) is 5.82 Å². The van der Waals surface area contributed by atoms with Crippen LogP contribution in [-0.4, -0.2) is 6.54 Å². The predicted octanol–water partition coefficient (Wildman–Crippen LogP) is 4.74. The van der Waals surface area contributed by atoms with E-state index in [4.69, 9.17) is 11.6 Å². The van der Waals surface area contributed by atoms with Gasteiger partial charge < -0.3 is 5.32 Å². The molecular weight excluding hydrogens is 281 g/mol. The molecule has 0 aliphatic heterocycles. The Labute approximate surface area is 122 Å². The van der Waals surface area contributed by atoms with Crippen LogP contribution in [0.15, 0.2) is 52.3 Å². The Kier molecular flexibility index (Phi) is 5.25. The SMILES string of the molecule is CCNCc1ccc(Cl)cc1Sc1ccccc1F. The molecule has 0 saturated heterocycles. The van der Waals surface area contributed by atoms with Crippen LogP contribution in [0.5, 0.6) is 0 Å². The van der Waals surface area contributed by atoms with Gasteiger partial charge in [-0.15, -0.1) is 0 Å². The van der Waals surface area contributed by atoms with Crippen LogP contribution >= 0.6 is 23.4 Å². The quantitative estimate of drug-likeness (QED) is 0.855. The Hall–Kier alpha value is -1.03. The van der Waals surface area contributed by atoms with Crippen molar-refractivity contribution >= 4 is 23.4 Å². The highest BCUT2D eigenvalue weighted by Gasteiger charge is 2.08. The van der Waals surface area contributed by atoms with Crippen LogP contribution in [0.3, 0.4) is 0 Å². The first kappa shape index (κ1) is 14.4. The lowest BCUT2D eigenvalue weighted by atomic mass is 10.2. The topological polar surface area (TPSA) is 12.0 Å². The molecule has 0 aliphatic rings. The molecule has 19 heavy (non-hydrogen) atoms. The maximum Gasteiger partial charge on any atom is 0.137 e. The minimum absolute atomic E-state index is 0.207. The molecule has 0 radical (unpaired) electrons. The summed E-state index contributed by atoms with van der Waals surface area (Å²) in [7, 11) is 0. The summed E-state index contributed by atoms with van der Waals surface area (Å²) < 4.78 is 13.7. The third-order valence-electron chi connectivity index (χ3n) is 2.65. The summed E-state index contributed by atoms with van der Waals surface area (Å²) in [5.74, 6) is -0.207.